The second kappa shape index (κ2) is 6.20. The summed E-state index contributed by atoms with van der Waals surface area (Å²) in [6, 6.07) is 4.76. The summed E-state index contributed by atoms with van der Waals surface area (Å²) in [6.07, 6.45) is 0.801. The third-order valence-electron chi connectivity index (χ3n) is 2.44. The van der Waals surface area contributed by atoms with E-state index in [1.54, 1.807) is 6.07 Å². The Hall–Kier alpha value is -1.62. The van der Waals surface area contributed by atoms with Gasteiger partial charge in [0.05, 0.1) is 11.0 Å². The van der Waals surface area contributed by atoms with Crippen molar-refractivity contribution in [2.24, 2.45) is 0 Å². The molecule has 1 rings (SSSR count). The van der Waals surface area contributed by atoms with Crippen LogP contribution in [0.2, 0.25) is 0 Å². The van der Waals surface area contributed by atoms with Crippen LogP contribution in [-0.4, -0.2) is 37.1 Å². The minimum absolute atomic E-state index is 0.0713. The van der Waals surface area contributed by atoms with Crippen LogP contribution >= 0.6 is 0 Å². The fourth-order valence-electron chi connectivity index (χ4n) is 1.42. The van der Waals surface area contributed by atoms with Crippen molar-refractivity contribution in [3.8, 4) is 5.75 Å². The zero-order valence-corrected chi connectivity index (χ0v) is 10.5. The van der Waals surface area contributed by atoms with Crippen molar-refractivity contribution in [3.05, 3.63) is 33.9 Å². The quantitative estimate of drug-likeness (QED) is 0.562. The van der Waals surface area contributed by atoms with Gasteiger partial charge in [0, 0.05) is 12.6 Å². The molecule has 0 aromatic heterocycles. The Balaban J connectivity index is 2.79. The molecule has 0 saturated carbocycles. The standard InChI is InChI=1S/C12H18N2O3/c1-4-10-5-6-11(14(15)16)9-12(10)17-8-7-13(2)3/h5-6,9H,4,7-8H2,1-3H3. The first-order valence-corrected chi connectivity index (χ1v) is 5.59. The van der Waals surface area contributed by atoms with Crippen molar-refractivity contribution in [1.29, 1.82) is 0 Å². The second-order valence-electron chi connectivity index (χ2n) is 4.05. The van der Waals surface area contributed by atoms with Crippen LogP contribution in [0.3, 0.4) is 0 Å². The third-order valence-corrected chi connectivity index (χ3v) is 2.44. The van der Waals surface area contributed by atoms with E-state index in [4.69, 9.17) is 4.74 Å². The van der Waals surface area contributed by atoms with E-state index in [2.05, 4.69) is 0 Å². The fourth-order valence-corrected chi connectivity index (χ4v) is 1.42. The number of likely N-dealkylation sites (N-methyl/N-ethyl adjacent to an activating group) is 1. The van der Waals surface area contributed by atoms with Gasteiger partial charge in [-0.25, -0.2) is 0 Å². The number of non-ortho nitro benzene ring substituents is 1. The molecule has 0 unspecified atom stereocenters. The van der Waals surface area contributed by atoms with Crippen LogP contribution in [0.5, 0.6) is 5.75 Å². The maximum atomic E-state index is 10.7. The first-order chi connectivity index (χ1) is 8.04. The lowest BCUT2D eigenvalue weighted by Gasteiger charge is -2.13. The number of hydrogen-bond donors (Lipinski definition) is 0. The molecule has 17 heavy (non-hydrogen) atoms. The van der Waals surface area contributed by atoms with Crippen LogP contribution in [0.1, 0.15) is 12.5 Å². The highest BCUT2D eigenvalue weighted by atomic mass is 16.6. The lowest BCUT2D eigenvalue weighted by Crippen LogP contribution is -2.19. The van der Waals surface area contributed by atoms with E-state index in [1.165, 1.54) is 12.1 Å². The van der Waals surface area contributed by atoms with Gasteiger partial charge in [-0.1, -0.05) is 6.92 Å². The SMILES string of the molecule is CCc1ccc([N+](=O)[O-])cc1OCCN(C)C. The van der Waals surface area contributed by atoms with E-state index in [9.17, 15) is 10.1 Å². The molecule has 0 saturated heterocycles. The Morgan fingerprint density at radius 1 is 1.41 bits per heavy atom. The Labute approximate surface area is 101 Å². The van der Waals surface area contributed by atoms with Gasteiger partial charge in [0.2, 0.25) is 0 Å². The van der Waals surface area contributed by atoms with Crippen molar-refractivity contribution in [3.63, 3.8) is 0 Å². The van der Waals surface area contributed by atoms with Crippen molar-refractivity contribution in [1.82, 2.24) is 4.90 Å². The van der Waals surface area contributed by atoms with Gasteiger partial charge in [0.25, 0.3) is 5.69 Å². The average molecular weight is 238 g/mol. The predicted molar refractivity (Wildman–Crippen MR) is 66.5 cm³/mol. The zero-order chi connectivity index (χ0) is 12.8. The van der Waals surface area contributed by atoms with Crippen LogP contribution in [0, 0.1) is 10.1 Å². The van der Waals surface area contributed by atoms with Gasteiger partial charge in [-0.15, -0.1) is 0 Å². The minimum Gasteiger partial charge on any atom is -0.492 e. The molecule has 0 fully saturated rings. The van der Waals surface area contributed by atoms with Gasteiger partial charge in [0.15, 0.2) is 0 Å². The maximum absolute atomic E-state index is 10.7. The highest BCUT2D eigenvalue weighted by Crippen LogP contribution is 2.25. The zero-order valence-electron chi connectivity index (χ0n) is 10.5. The topological polar surface area (TPSA) is 55.6 Å². The highest BCUT2D eigenvalue weighted by Gasteiger charge is 2.10. The van der Waals surface area contributed by atoms with E-state index in [0.29, 0.717) is 12.4 Å². The van der Waals surface area contributed by atoms with E-state index < -0.39 is 4.92 Å². The highest BCUT2D eigenvalue weighted by molar-refractivity contribution is 5.44. The Kier molecular flexibility index (Phi) is 4.90. The molecule has 0 spiro atoms. The number of rotatable bonds is 6. The molecule has 1 aromatic carbocycles. The number of nitrogens with zero attached hydrogens (tertiary/aromatic N) is 2. The lowest BCUT2D eigenvalue weighted by molar-refractivity contribution is -0.384. The van der Waals surface area contributed by atoms with Gasteiger partial charge in [-0.2, -0.15) is 0 Å². The molecule has 0 heterocycles. The van der Waals surface area contributed by atoms with Gasteiger partial charge >= 0.3 is 0 Å². The number of nitro groups is 1. The van der Waals surface area contributed by atoms with E-state index in [0.717, 1.165) is 18.5 Å². The van der Waals surface area contributed by atoms with Crippen LogP contribution in [-0.2, 0) is 6.42 Å². The molecule has 0 radical (unpaired) electrons. The largest absolute Gasteiger partial charge is 0.492 e. The second-order valence-corrected chi connectivity index (χ2v) is 4.05. The van der Waals surface area contributed by atoms with Crippen LogP contribution in [0.4, 0.5) is 5.69 Å². The average Bonchev–Trinajstić information content (AvgIpc) is 2.28. The molecule has 94 valence electrons. The molecule has 1 aromatic rings. The molecule has 0 atom stereocenters. The predicted octanol–water partition coefficient (Wildman–Crippen LogP) is 2.10. The van der Waals surface area contributed by atoms with Gasteiger partial charge in [-0.05, 0) is 32.1 Å². The number of aryl methyl sites for hydroxylation is 1. The molecule has 5 nitrogen and oxygen atoms in total. The summed E-state index contributed by atoms with van der Waals surface area (Å²) in [5, 5.41) is 10.7. The third kappa shape index (κ3) is 4.03. The fraction of sp³-hybridized carbons (Fsp3) is 0.500. The summed E-state index contributed by atoms with van der Waals surface area (Å²) in [5.41, 5.74) is 1.07. The summed E-state index contributed by atoms with van der Waals surface area (Å²) < 4.78 is 5.58. The summed E-state index contributed by atoms with van der Waals surface area (Å²) in [5.74, 6) is 0.614. The minimum atomic E-state index is -0.405. The van der Waals surface area contributed by atoms with Gasteiger partial charge < -0.3 is 9.64 Å². The van der Waals surface area contributed by atoms with Crippen molar-refractivity contribution >= 4 is 5.69 Å². The normalized spacial score (nSPS) is 10.6. The number of ether oxygens (including phenoxy) is 1. The Bertz CT molecular complexity index is 391. The van der Waals surface area contributed by atoms with Crippen molar-refractivity contribution < 1.29 is 9.66 Å². The molecule has 0 amide bonds. The van der Waals surface area contributed by atoms with E-state index in [-0.39, 0.29) is 5.69 Å². The number of nitro benzene ring substituents is 1. The summed E-state index contributed by atoms with van der Waals surface area (Å²) in [7, 11) is 3.91. The first kappa shape index (κ1) is 13.4. The smallest absolute Gasteiger partial charge is 0.273 e. The summed E-state index contributed by atoms with van der Waals surface area (Å²) in [6.45, 7) is 3.31. The molecule has 0 aliphatic heterocycles. The van der Waals surface area contributed by atoms with E-state index in [1.807, 2.05) is 25.9 Å². The molecule has 5 heteroatoms. The molecular formula is C12H18N2O3. The molecule has 0 aliphatic carbocycles. The number of benzene rings is 1. The van der Waals surface area contributed by atoms with Crippen LogP contribution in [0.25, 0.3) is 0 Å². The van der Waals surface area contributed by atoms with Gasteiger partial charge in [0.1, 0.15) is 12.4 Å². The van der Waals surface area contributed by atoms with Crippen molar-refractivity contribution in [2.45, 2.75) is 13.3 Å². The Morgan fingerprint density at radius 2 is 2.12 bits per heavy atom. The molecule has 0 bridgehead atoms. The first-order valence-electron chi connectivity index (χ1n) is 5.59. The van der Waals surface area contributed by atoms with Crippen LogP contribution < -0.4 is 4.74 Å². The van der Waals surface area contributed by atoms with Crippen molar-refractivity contribution in [2.75, 3.05) is 27.2 Å². The molecule has 0 aliphatic rings. The molecular weight excluding hydrogens is 220 g/mol. The monoisotopic (exact) mass is 238 g/mol. The van der Waals surface area contributed by atoms with Crippen LogP contribution in [0.15, 0.2) is 18.2 Å². The summed E-state index contributed by atoms with van der Waals surface area (Å²) >= 11 is 0. The van der Waals surface area contributed by atoms with E-state index >= 15 is 0 Å². The maximum Gasteiger partial charge on any atom is 0.273 e. The lowest BCUT2D eigenvalue weighted by atomic mass is 10.1. The Morgan fingerprint density at radius 3 is 2.65 bits per heavy atom. The van der Waals surface area contributed by atoms with Gasteiger partial charge in [-0.3, -0.25) is 10.1 Å². The molecule has 0 N–H and O–H groups in total. The number of hydrogen-bond acceptors (Lipinski definition) is 4. The summed E-state index contributed by atoms with van der Waals surface area (Å²) in [4.78, 5) is 12.3.